The summed E-state index contributed by atoms with van der Waals surface area (Å²) in [5.74, 6) is 0.548. The van der Waals surface area contributed by atoms with E-state index in [9.17, 15) is 4.39 Å². The molecule has 0 fully saturated rings. The van der Waals surface area contributed by atoms with Crippen LogP contribution in [-0.4, -0.2) is 19.0 Å². The molecule has 14 heavy (non-hydrogen) atoms. The van der Waals surface area contributed by atoms with E-state index in [2.05, 4.69) is 24.4 Å². The van der Waals surface area contributed by atoms with Gasteiger partial charge in [0.05, 0.1) is 6.67 Å². The van der Waals surface area contributed by atoms with Crippen molar-refractivity contribution in [3.05, 3.63) is 29.8 Å². The fourth-order valence-corrected chi connectivity index (χ4v) is 1.77. The third-order valence-corrected chi connectivity index (χ3v) is 2.81. The Kier molecular flexibility index (Phi) is 5.64. The van der Waals surface area contributed by atoms with Crippen molar-refractivity contribution in [3.8, 4) is 0 Å². The largest absolute Gasteiger partial charge is 0.313 e. The van der Waals surface area contributed by atoms with Gasteiger partial charge >= 0.3 is 0 Å². The zero-order valence-electron chi connectivity index (χ0n) is 8.42. The molecule has 0 atom stereocenters. The summed E-state index contributed by atoms with van der Waals surface area (Å²) >= 11 is 1.56. The summed E-state index contributed by atoms with van der Waals surface area (Å²) in [5, 5.41) is 3.26. The SMILES string of the molecule is CCNCc1ccc(SCCF)cc1. The summed E-state index contributed by atoms with van der Waals surface area (Å²) in [4.78, 5) is 1.14. The molecular weight excluding hydrogens is 197 g/mol. The molecule has 0 bridgehead atoms. The number of alkyl halides is 1. The van der Waals surface area contributed by atoms with Crippen LogP contribution in [0.15, 0.2) is 29.2 Å². The van der Waals surface area contributed by atoms with Crippen LogP contribution in [0.5, 0.6) is 0 Å². The van der Waals surface area contributed by atoms with Gasteiger partial charge in [0.15, 0.2) is 0 Å². The van der Waals surface area contributed by atoms with Crippen LogP contribution in [0.4, 0.5) is 4.39 Å². The van der Waals surface area contributed by atoms with E-state index >= 15 is 0 Å². The smallest absolute Gasteiger partial charge is 0.0988 e. The normalized spacial score (nSPS) is 10.4. The van der Waals surface area contributed by atoms with Crippen LogP contribution in [-0.2, 0) is 6.54 Å². The molecule has 0 heterocycles. The lowest BCUT2D eigenvalue weighted by Gasteiger charge is -2.03. The Morgan fingerprint density at radius 2 is 2.00 bits per heavy atom. The zero-order valence-corrected chi connectivity index (χ0v) is 9.24. The molecule has 0 saturated carbocycles. The second-order valence-electron chi connectivity index (χ2n) is 2.96. The van der Waals surface area contributed by atoms with Crippen LogP contribution >= 0.6 is 11.8 Å². The van der Waals surface area contributed by atoms with E-state index in [4.69, 9.17) is 0 Å². The molecule has 3 heteroatoms. The van der Waals surface area contributed by atoms with Crippen LogP contribution in [0.2, 0.25) is 0 Å². The molecular formula is C11H16FNS. The maximum absolute atomic E-state index is 11.9. The van der Waals surface area contributed by atoms with Gasteiger partial charge in [0.25, 0.3) is 0 Å². The van der Waals surface area contributed by atoms with Crippen LogP contribution in [0.3, 0.4) is 0 Å². The minimum Gasteiger partial charge on any atom is -0.313 e. The van der Waals surface area contributed by atoms with Gasteiger partial charge in [-0.15, -0.1) is 11.8 Å². The van der Waals surface area contributed by atoms with Gasteiger partial charge in [0.1, 0.15) is 0 Å². The van der Waals surface area contributed by atoms with Crippen molar-refractivity contribution >= 4 is 11.8 Å². The second-order valence-corrected chi connectivity index (χ2v) is 4.13. The molecule has 0 aliphatic heterocycles. The van der Waals surface area contributed by atoms with Gasteiger partial charge in [-0.05, 0) is 24.2 Å². The Balaban J connectivity index is 2.42. The van der Waals surface area contributed by atoms with Crippen molar-refractivity contribution in [2.75, 3.05) is 19.0 Å². The van der Waals surface area contributed by atoms with Crippen LogP contribution in [0.1, 0.15) is 12.5 Å². The molecule has 0 aliphatic rings. The monoisotopic (exact) mass is 213 g/mol. The van der Waals surface area contributed by atoms with E-state index in [1.54, 1.807) is 11.8 Å². The number of hydrogen-bond acceptors (Lipinski definition) is 2. The molecule has 78 valence electrons. The number of nitrogens with one attached hydrogen (secondary N) is 1. The Bertz CT molecular complexity index is 221. The van der Waals surface area contributed by atoms with Crippen LogP contribution in [0.25, 0.3) is 0 Å². The molecule has 1 rings (SSSR count). The van der Waals surface area contributed by atoms with E-state index in [0.29, 0.717) is 5.75 Å². The van der Waals surface area contributed by atoms with Crippen molar-refractivity contribution in [2.24, 2.45) is 0 Å². The number of benzene rings is 1. The predicted octanol–water partition coefficient (Wildman–Crippen LogP) is 2.86. The maximum atomic E-state index is 11.9. The fraction of sp³-hybridized carbons (Fsp3) is 0.455. The summed E-state index contributed by atoms with van der Waals surface area (Å²) in [7, 11) is 0. The second kappa shape index (κ2) is 6.85. The van der Waals surface area contributed by atoms with Crippen molar-refractivity contribution in [3.63, 3.8) is 0 Å². The average molecular weight is 213 g/mol. The zero-order chi connectivity index (χ0) is 10.2. The molecule has 0 radical (unpaired) electrons. The fourth-order valence-electron chi connectivity index (χ4n) is 1.13. The highest BCUT2D eigenvalue weighted by molar-refractivity contribution is 7.99. The van der Waals surface area contributed by atoms with E-state index in [1.165, 1.54) is 5.56 Å². The van der Waals surface area contributed by atoms with E-state index in [-0.39, 0.29) is 6.67 Å². The van der Waals surface area contributed by atoms with Crippen molar-refractivity contribution in [1.29, 1.82) is 0 Å². The Morgan fingerprint density at radius 1 is 1.29 bits per heavy atom. The van der Waals surface area contributed by atoms with E-state index in [0.717, 1.165) is 18.0 Å². The van der Waals surface area contributed by atoms with Gasteiger partial charge in [-0.1, -0.05) is 19.1 Å². The Labute approximate surface area is 89.1 Å². The number of rotatable bonds is 6. The standard InChI is InChI=1S/C11H16FNS/c1-2-13-9-10-3-5-11(6-4-10)14-8-7-12/h3-6,13H,2,7-9H2,1H3. The summed E-state index contributed by atoms with van der Waals surface area (Å²) in [6.45, 7) is 3.72. The average Bonchev–Trinajstić information content (AvgIpc) is 2.25. The molecule has 0 aliphatic carbocycles. The lowest BCUT2D eigenvalue weighted by molar-refractivity contribution is 0.533. The summed E-state index contributed by atoms with van der Waals surface area (Å²) in [6.07, 6.45) is 0. The molecule has 0 spiro atoms. The first kappa shape index (κ1) is 11.5. The highest BCUT2D eigenvalue weighted by Gasteiger charge is 1.94. The molecule has 1 nitrogen and oxygen atoms in total. The minimum atomic E-state index is -0.260. The number of halogens is 1. The van der Waals surface area contributed by atoms with Crippen molar-refractivity contribution in [1.82, 2.24) is 5.32 Å². The third-order valence-electron chi connectivity index (χ3n) is 1.85. The summed E-state index contributed by atoms with van der Waals surface area (Å²) < 4.78 is 11.9. The molecule has 1 aromatic rings. The van der Waals surface area contributed by atoms with Gasteiger partial charge in [0, 0.05) is 17.2 Å². The first-order valence-electron chi connectivity index (χ1n) is 4.85. The first-order chi connectivity index (χ1) is 6.86. The van der Waals surface area contributed by atoms with E-state index in [1.807, 2.05) is 12.1 Å². The Morgan fingerprint density at radius 3 is 2.57 bits per heavy atom. The Hall–Kier alpha value is -0.540. The van der Waals surface area contributed by atoms with E-state index < -0.39 is 0 Å². The third kappa shape index (κ3) is 4.11. The maximum Gasteiger partial charge on any atom is 0.0988 e. The van der Waals surface area contributed by atoms with Crippen molar-refractivity contribution in [2.45, 2.75) is 18.4 Å². The van der Waals surface area contributed by atoms with Gasteiger partial charge in [0.2, 0.25) is 0 Å². The molecule has 1 N–H and O–H groups in total. The topological polar surface area (TPSA) is 12.0 Å². The van der Waals surface area contributed by atoms with Gasteiger partial charge in [-0.2, -0.15) is 0 Å². The highest BCUT2D eigenvalue weighted by Crippen LogP contribution is 2.17. The minimum absolute atomic E-state index is 0.260. The lowest BCUT2D eigenvalue weighted by Crippen LogP contribution is -2.11. The van der Waals surface area contributed by atoms with Crippen molar-refractivity contribution < 1.29 is 4.39 Å². The first-order valence-corrected chi connectivity index (χ1v) is 5.83. The van der Waals surface area contributed by atoms with Crippen LogP contribution < -0.4 is 5.32 Å². The number of thioether (sulfide) groups is 1. The van der Waals surface area contributed by atoms with Gasteiger partial charge in [-0.3, -0.25) is 4.39 Å². The predicted molar refractivity (Wildman–Crippen MR) is 60.5 cm³/mol. The molecule has 0 amide bonds. The van der Waals surface area contributed by atoms with Crippen LogP contribution in [0, 0.1) is 0 Å². The summed E-state index contributed by atoms with van der Waals surface area (Å²) in [5.41, 5.74) is 1.27. The molecule has 1 aromatic carbocycles. The lowest BCUT2D eigenvalue weighted by atomic mass is 10.2. The molecule has 0 aromatic heterocycles. The quantitative estimate of drug-likeness (QED) is 0.729. The molecule has 0 saturated heterocycles. The summed E-state index contributed by atoms with van der Waals surface area (Å²) in [6, 6.07) is 8.27. The van der Waals surface area contributed by atoms with Gasteiger partial charge in [-0.25, -0.2) is 0 Å². The highest BCUT2D eigenvalue weighted by atomic mass is 32.2. The number of hydrogen-bond donors (Lipinski definition) is 1. The van der Waals surface area contributed by atoms with Gasteiger partial charge < -0.3 is 5.32 Å². The molecule has 0 unspecified atom stereocenters.